The number of nitriles is 1. The molecule has 0 unspecified atom stereocenters. The van der Waals surface area contributed by atoms with Crippen LogP contribution in [0.5, 0.6) is 5.75 Å². The number of rotatable bonds is 1. The first-order chi connectivity index (χ1) is 7.22. The van der Waals surface area contributed by atoms with Crippen molar-refractivity contribution < 1.29 is 13.9 Å². The number of ether oxygens (including phenoxy) is 1. The zero-order valence-corrected chi connectivity index (χ0v) is 7.98. The normalized spacial score (nSPS) is 9.87. The summed E-state index contributed by atoms with van der Waals surface area (Å²) in [6.45, 7) is 1.28. The van der Waals surface area contributed by atoms with E-state index in [1.54, 1.807) is 24.3 Å². The van der Waals surface area contributed by atoms with Crippen LogP contribution in [0.1, 0.15) is 12.7 Å². The van der Waals surface area contributed by atoms with Gasteiger partial charge in [0.05, 0.1) is 5.39 Å². The van der Waals surface area contributed by atoms with Gasteiger partial charge >= 0.3 is 5.97 Å². The van der Waals surface area contributed by atoms with Gasteiger partial charge in [-0.3, -0.25) is 4.79 Å². The van der Waals surface area contributed by atoms with Gasteiger partial charge in [-0.15, -0.1) is 0 Å². The molecule has 0 saturated heterocycles. The average Bonchev–Trinajstić information content (AvgIpc) is 2.56. The van der Waals surface area contributed by atoms with E-state index in [4.69, 9.17) is 14.4 Å². The number of carbonyl (C=O) groups is 1. The molecule has 4 heteroatoms. The van der Waals surface area contributed by atoms with Crippen LogP contribution in [-0.2, 0) is 4.79 Å². The lowest BCUT2D eigenvalue weighted by Crippen LogP contribution is -2.01. The molecule has 0 aliphatic rings. The Bertz CT molecular complexity index is 563. The summed E-state index contributed by atoms with van der Waals surface area (Å²) in [6, 6.07) is 8.86. The van der Waals surface area contributed by atoms with E-state index in [1.807, 2.05) is 6.07 Å². The van der Waals surface area contributed by atoms with Gasteiger partial charge in [0.2, 0.25) is 5.76 Å². The molecule has 1 aromatic carbocycles. The van der Waals surface area contributed by atoms with Crippen molar-refractivity contribution in [2.75, 3.05) is 0 Å². The van der Waals surface area contributed by atoms with Crippen LogP contribution in [0.25, 0.3) is 11.0 Å². The molecular weight excluding hydrogens is 194 g/mol. The minimum Gasteiger partial charge on any atom is -0.442 e. The van der Waals surface area contributed by atoms with Crippen molar-refractivity contribution in [2.24, 2.45) is 0 Å². The number of para-hydroxylation sites is 1. The third kappa shape index (κ3) is 1.55. The molecule has 15 heavy (non-hydrogen) atoms. The molecule has 0 aliphatic heterocycles. The Kier molecular flexibility index (Phi) is 2.14. The zero-order valence-electron chi connectivity index (χ0n) is 7.98. The highest BCUT2D eigenvalue weighted by atomic mass is 16.5. The maximum atomic E-state index is 10.8. The van der Waals surface area contributed by atoms with Crippen LogP contribution >= 0.6 is 0 Å². The predicted octanol–water partition coefficient (Wildman–Crippen LogP) is 2.23. The molecule has 0 amide bonds. The summed E-state index contributed by atoms with van der Waals surface area (Å²) in [7, 11) is 0. The summed E-state index contributed by atoms with van der Waals surface area (Å²) in [5, 5.41) is 9.43. The van der Waals surface area contributed by atoms with Crippen LogP contribution in [0.2, 0.25) is 0 Å². The molecular formula is C11H7NO3. The van der Waals surface area contributed by atoms with Crippen molar-refractivity contribution in [3.8, 4) is 11.8 Å². The second kappa shape index (κ2) is 3.46. The van der Waals surface area contributed by atoms with E-state index >= 15 is 0 Å². The van der Waals surface area contributed by atoms with Crippen LogP contribution in [0.3, 0.4) is 0 Å². The molecule has 1 aromatic heterocycles. The molecule has 74 valence electrons. The first-order valence-electron chi connectivity index (χ1n) is 4.32. The minimum atomic E-state index is -0.474. The van der Waals surface area contributed by atoms with Crippen molar-refractivity contribution in [3.05, 3.63) is 30.0 Å². The summed E-state index contributed by atoms with van der Waals surface area (Å²) in [5.74, 6) is -0.259. The van der Waals surface area contributed by atoms with Gasteiger partial charge in [-0.25, -0.2) is 0 Å². The van der Waals surface area contributed by atoms with Crippen molar-refractivity contribution in [1.29, 1.82) is 5.26 Å². The van der Waals surface area contributed by atoms with Gasteiger partial charge in [-0.05, 0) is 12.1 Å². The van der Waals surface area contributed by atoms with Crippen molar-refractivity contribution in [1.82, 2.24) is 0 Å². The number of furan rings is 1. The fourth-order valence-electron chi connectivity index (χ4n) is 1.34. The summed E-state index contributed by atoms with van der Waals surface area (Å²) in [5.41, 5.74) is 0.533. The lowest BCUT2D eigenvalue weighted by molar-refractivity contribution is -0.131. The second-order valence-corrected chi connectivity index (χ2v) is 2.96. The van der Waals surface area contributed by atoms with Gasteiger partial charge in [0.1, 0.15) is 11.7 Å². The van der Waals surface area contributed by atoms with Gasteiger partial charge in [0.15, 0.2) is 5.75 Å². The van der Waals surface area contributed by atoms with Gasteiger partial charge in [-0.2, -0.15) is 5.26 Å². The fourth-order valence-corrected chi connectivity index (χ4v) is 1.34. The number of hydrogen-bond acceptors (Lipinski definition) is 4. The van der Waals surface area contributed by atoms with E-state index in [0.717, 1.165) is 0 Å². The highest BCUT2D eigenvalue weighted by Gasteiger charge is 2.16. The molecule has 0 radical (unpaired) electrons. The second-order valence-electron chi connectivity index (χ2n) is 2.96. The maximum Gasteiger partial charge on any atom is 0.308 e. The quantitative estimate of drug-likeness (QED) is 0.663. The Morgan fingerprint density at radius 1 is 1.47 bits per heavy atom. The third-order valence-corrected chi connectivity index (χ3v) is 1.90. The van der Waals surface area contributed by atoms with Gasteiger partial charge in [0.25, 0.3) is 0 Å². The van der Waals surface area contributed by atoms with E-state index in [-0.39, 0.29) is 11.5 Å². The van der Waals surface area contributed by atoms with Crippen LogP contribution in [-0.4, -0.2) is 5.97 Å². The topological polar surface area (TPSA) is 63.2 Å². The first kappa shape index (κ1) is 9.28. The number of hydrogen-bond donors (Lipinski definition) is 0. The highest BCUT2D eigenvalue weighted by Crippen LogP contribution is 2.32. The summed E-state index contributed by atoms with van der Waals surface area (Å²) in [6.07, 6.45) is 0. The van der Waals surface area contributed by atoms with Crippen LogP contribution in [0.15, 0.2) is 28.7 Å². The Morgan fingerprint density at radius 2 is 2.20 bits per heavy atom. The molecule has 0 bridgehead atoms. The van der Waals surface area contributed by atoms with Gasteiger partial charge in [0, 0.05) is 6.92 Å². The summed E-state index contributed by atoms with van der Waals surface area (Å²) in [4.78, 5) is 10.8. The summed E-state index contributed by atoms with van der Waals surface area (Å²) < 4.78 is 10.1. The number of nitrogens with zero attached hydrogens (tertiary/aromatic N) is 1. The number of carbonyl (C=O) groups excluding carboxylic acids is 1. The standard InChI is InChI=1S/C11H7NO3/c1-7(13)14-11-8-4-2-3-5-9(8)15-10(11)6-12/h2-5H,1H3. The van der Waals surface area contributed by atoms with E-state index in [2.05, 4.69) is 0 Å². The Labute approximate surface area is 85.7 Å². The third-order valence-electron chi connectivity index (χ3n) is 1.90. The SMILES string of the molecule is CC(=O)Oc1c(C#N)oc2ccccc12. The minimum absolute atomic E-state index is 0.0198. The Morgan fingerprint density at radius 3 is 2.87 bits per heavy atom. The fraction of sp³-hybridized carbons (Fsp3) is 0.0909. The zero-order chi connectivity index (χ0) is 10.8. The lowest BCUT2D eigenvalue weighted by atomic mass is 10.2. The van der Waals surface area contributed by atoms with E-state index < -0.39 is 5.97 Å². The molecule has 4 nitrogen and oxygen atoms in total. The Hall–Kier alpha value is -2.28. The van der Waals surface area contributed by atoms with Crippen molar-refractivity contribution in [3.63, 3.8) is 0 Å². The monoisotopic (exact) mass is 201 g/mol. The van der Waals surface area contributed by atoms with Gasteiger partial charge in [-0.1, -0.05) is 12.1 Å². The smallest absolute Gasteiger partial charge is 0.308 e. The van der Waals surface area contributed by atoms with E-state index in [0.29, 0.717) is 11.0 Å². The number of esters is 1. The highest BCUT2D eigenvalue weighted by molar-refractivity contribution is 5.89. The molecule has 2 aromatic rings. The summed E-state index contributed by atoms with van der Waals surface area (Å²) >= 11 is 0. The number of fused-ring (bicyclic) bond motifs is 1. The number of benzene rings is 1. The molecule has 0 aliphatic carbocycles. The molecule has 2 rings (SSSR count). The molecule has 0 N–H and O–H groups in total. The van der Waals surface area contributed by atoms with Crippen LogP contribution in [0, 0.1) is 11.3 Å². The van der Waals surface area contributed by atoms with E-state index in [1.165, 1.54) is 6.92 Å². The van der Waals surface area contributed by atoms with Crippen molar-refractivity contribution >= 4 is 16.9 Å². The largest absolute Gasteiger partial charge is 0.442 e. The molecule has 1 heterocycles. The average molecular weight is 201 g/mol. The molecule has 0 atom stereocenters. The van der Waals surface area contributed by atoms with Crippen LogP contribution < -0.4 is 4.74 Å². The molecule has 0 saturated carbocycles. The maximum absolute atomic E-state index is 10.8. The molecule has 0 spiro atoms. The lowest BCUT2D eigenvalue weighted by Gasteiger charge is -1.96. The first-order valence-corrected chi connectivity index (χ1v) is 4.32. The molecule has 0 fully saturated rings. The van der Waals surface area contributed by atoms with Crippen molar-refractivity contribution in [2.45, 2.75) is 6.92 Å². The Balaban J connectivity index is 2.68. The van der Waals surface area contributed by atoms with Crippen LogP contribution in [0.4, 0.5) is 0 Å². The van der Waals surface area contributed by atoms with Gasteiger partial charge < -0.3 is 9.15 Å². The predicted molar refractivity (Wildman–Crippen MR) is 52.2 cm³/mol. The van der Waals surface area contributed by atoms with E-state index in [9.17, 15) is 4.79 Å².